The van der Waals surface area contributed by atoms with Crippen LogP contribution in [-0.4, -0.2) is 20.8 Å². The van der Waals surface area contributed by atoms with Gasteiger partial charge in [0.15, 0.2) is 0 Å². The third kappa shape index (κ3) is 5.79. The van der Waals surface area contributed by atoms with Crippen LogP contribution in [0.4, 0.5) is 0 Å². The first kappa shape index (κ1) is 24.9. The van der Waals surface area contributed by atoms with Gasteiger partial charge in [0.2, 0.25) is 0 Å². The number of thiazole rings is 1. The Labute approximate surface area is 225 Å². The van der Waals surface area contributed by atoms with Crippen LogP contribution < -0.4 is 5.32 Å². The topological polar surface area (TPSA) is 58.1 Å². The lowest BCUT2D eigenvalue weighted by Crippen LogP contribution is -2.31. The Morgan fingerprint density at radius 3 is 2.53 bits per heavy atom. The van der Waals surface area contributed by atoms with Gasteiger partial charge in [-0.3, -0.25) is 14.7 Å². The zero-order valence-corrected chi connectivity index (χ0v) is 22.0. The number of halogens is 2. The standard InChI is InChI=1S/C28H26Cl2N4OS/c29-23-6-2-7-24(30)26(23)28(35)32-14-19-9-11-20(12-10-19)15-34(16-22-17-36-18-33-22)25-8-1-4-21-5-3-13-31-27(21)25/h2-3,5-7,9-13,17-18,25H,1,4,8,14-16H2,(H,32,35). The largest absolute Gasteiger partial charge is 0.348 e. The van der Waals surface area contributed by atoms with Crippen LogP contribution in [0.5, 0.6) is 0 Å². The molecule has 5 nitrogen and oxygen atoms in total. The summed E-state index contributed by atoms with van der Waals surface area (Å²) in [5.41, 5.74) is 8.03. The van der Waals surface area contributed by atoms with Gasteiger partial charge in [0, 0.05) is 31.2 Å². The maximum absolute atomic E-state index is 12.6. The van der Waals surface area contributed by atoms with Crippen molar-refractivity contribution in [2.24, 2.45) is 0 Å². The van der Waals surface area contributed by atoms with Crippen LogP contribution in [0.2, 0.25) is 10.0 Å². The van der Waals surface area contributed by atoms with Gasteiger partial charge in [-0.15, -0.1) is 11.3 Å². The molecule has 5 rings (SSSR count). The highest BCUT2D eigenvalue weighted by Gasteiger charge is 2.27. The fourth-order valence-electron chi connectivity index (χ4n) is 4.72. The number of amides is 1. The molecule has 0 spiro atoms. The highest BCUT2D eigenvalue weighted by Crippen LogP contribution is 2.34. The molecule has 0 bridgehead atoms. The quantitative estimate of drug-likeness (QED) is 0.267. The molecule has 2 heterocycles. The number of hydrogen-bond acceptors (Lipinski definition) is 5. The van der Waals surface area contributed by atoms with Crippen molar-refractivity contribution in [3.05, 3.63) is 115 Å². The maximum Gasteiger partial charge on any atom is 0.254 e. The molecule has 2 aromatic carbocycles. The Morgan fingerprint density at radius 2 is 1.78 bits per heavy atom. The first-order valence-corrected chi connectivity index (χ1v) is 13.6. The number of carbonyl (C=O) groups excluding carboxylic acids is 1. The van der Waals surface area contributed by atoms with Crippen molar-refractivity contribution in [2.45, 2.75) is 44.9 Å². The molecule has 1 N–H and O–H groups in total. The monoisotopic (exact) mass is 536 g/mol. The molecule has 0 radical (unpaired) electrons. The first-order valence-electron chi connectivity index (χ1n) is 11.9. The molecular formula is C28H26Cl2N4OS. The maximum atomic E-state index is 12.6. The first-order chi connectivity index (χ1) is 17.6. The minimum atomic E-state index is -0.285. The average molecular weight is 538 g/mol. The SMILES string of the molecule is O=C(NCc1ccc(CN(Cc2cscn2)C2CCCc3cccnc32)cc1)c1c(Cl)cccc1Cl. The van der Waals surface area contributed by atoms with Gasteiger partial charge in [-0.05, 0) is 54.2 Å². The molecule has 0 aliphatic heterocycles. The molecule has 8 heteroatoms. The van der Waals surface area contributed by atoms with E-state index in [0.717, 1.165) is 43.6 Å². The zero-order valence-electron chi connectivity index (χ0n) is 19.7. The number of fused-ring (bicyclic) bond motifs is 1. The number of pyridine rings is 1. The van der Waals surface area contributed by atoms with E-state index in [1.807, 2.05) is 17.8 Å². The Bertz CT molecular complexity index is 1310. The second-order valence-corrected chi connectivity index (χ2v) is 10.5. The Hall–Kier alpha value is -2.77. The van der Waals surface area contributed by atoms with Gasteiger partial charge in [-0.2, -0.15) is 0 Å². The molecule has 1 unspecified atom stereocenters. The lowest BCUT2D eigenvalue weighted by molar-refractivity contribution is 0.0951. The highest BCUT2D eigenvalue weighted by molar-refractivity contribution is 7.07. The predicted octanol–water partition coefficient (Wildman–Crippen LogP) is 6.85. The molecule has 1 amide bonds. The normalized spacial score (nSPS) is 15.0. The van der Waals surface area contributed by atoms with E-state index >= 15 is 0 Å². The Balaban J connectivity index is 1.29. The van der Waals surface area contributed by atoms with Crippen molar-refractivity contribution >= 4 is 40.4 Å². The van der Waals surface area contributed by atoms with Crippen LogP contribution >= 0.6 is 34.5 Å². The van der Waals surface area contributed by atoms with Gasteiger partial charge < -0.3 is 5.32 Å². The third-order valence-electron chi connectivity index (χ3n) is 6.51. The predicted molar refractivity (Wildman–Crippen MR) is 145 cm³/mol. The molecular weight excluding hydrogens is 511 g/mol. The number of hydrogen-bond donors (Lipinski definition) is 1. The lowest BCUT2D eigenvalue weighted by Gasteiger charge is -2.34. The number of rotatable bonds is 8. The number of benzene rings is 2. The molecule has 4 aromatic rings. The van der Waals surface area contributed by atoms with Crippen molar-refractivity contribution in [1.82, 2.24) is 20.2 Å². The van der Waals surface area contributed by atoms with Crippen molar-refractivity contribution in [1.29, 1.82) is 0 Å². The van der Waals surface area contributed by atoms with Crippen molar-refractivity contribution in [2.75, 3.05) is 0 Å². The van der Waals surface area contributed by atoms with Gasteiger partial charge in [-0.1, -0.05) is 59.6 Å². The number of carbonyl (C=O) groups is 1. The number of aromatic nitrogens is 2. The van der Waals surface area contributed by atoms with Crippen LogP contribution in [0.25, 0.3) is 0 Å². The summed E-state index contributed by atoms with van der Waals surface area (Å²) in [5.74, 6) is -0.285. The lowest BCUT2D eigenvalue weighted by atomic mass is 9.90. The van der Waals surface area contributed by atoms with E-state index in [9.17, 15) is 4.79 Å². The Morgan fingerprint density at radius 1 is 1.00 bits per heavy atom. The van der Waals surface area contributed by atoms with Gasteiger partial charge >= 0.3 is 0 Å². The average Bonchev–Trinajstić information content (AvgIpc) is 3.41. The smallest absolute Gasteiger partial charge is 0.254 e. The second kappa shape index (κ2) is 11.5. The molecule has 1 atom stereocenters. The zero-order chi connectivity index (χ0) is 24.9. The highest BCUT2D eigenvalue weighted by atomic mass is 35.5. The molecule has 1 aliphatic rings. The minimum Gasteiger partial charge on any atom is -0.348 e. The van der Waals surface area contributed by atoms with E-state index in [-0.39, 0.29) is 11.9 Å². The van der Waals surface area contributed by atoms with E-state index in [4.69, 9.17) is 28.2 Å². The molecule has 0 saturated carbocycles. The van der Waals surface area contributed by atoms with E-state index < -0.39 is 0 Å². The summed E-state index contributed by atoms with van der Waals surface area (Å²) in [6.45, 7) is 1.96. The van der Waals surface area contributed by atoms with Crippen LogP contribution in [0, 0.1) is 0 Å². The molecule has 0 saturated heterocycles. The van der Waals surface area contributed by atoms with Gasteiger partial charge in [-0.25, -0.2) is 4.98 Å². The molecule has 2 aromatic heterocycles. The number of nitrogens with one attached hydrogen (secondary N) is 1. The van der Waals surface area contributed by atoms with E-state index in [0.29, 0.717) is 22.2 Å². The van der Waals surface area contributed by atoms with Gasteiger partial charge in [0.1, 0.15) is 0 Å². The van der Waals surface area contributed by atoms with E-state index in [2.05, 4.69) is 50.9 Å². The van der Waals surface area contributed by atoms with E-state index in [1.165, 1.54) is 16.8 Å². The van der Waals surface area contributed by atoms with Crippen molar-refractivity contribution < 1.29 is 4.79 Å². The van der Waals surface area contributed by atoms with Crippen LogP contribution in [0.15, 0.2) is 71.7 Å². The molecule has 0 fully saturated rings. The summed E-state index contributed by atoms with van der Waals surface area (Å²) < 4.78 is 0. The molecule has 1 aliphatic carbocycles. The summed E-state index contributed by atoms with van der Waals surface area (Å²) in [6, 6.07) is 17.9. The number of aryl methyl sites for hydroxylation is 1. The minimum absolute atomic E-state index is 0.260. The van der Waals surface area contributed by atoms with Crippen LogP contribution in [0.1, 0.15) is 57.3 Å². The van der Waals surface area contributed by atoms with Crippen LogP contribution in [0.3, 0.4) is 0 Å². The second-order valence-electron chi connectivity index (χ2n) is 8.94. The van der Waals surface area contributed by atoms with Crippen molar-refractivity contribution in [3.8, 4) is 0 Å². The molecule has 36 heavy (non-hydrogen) atoms. The fourth-order valence-corrected chi connectivity index (χ4v) is 5.84. The summed E-state index contributed by atoms with van der Waals surface area (Å²) in [6.07, 6.45) is 5.23. The fraction of sp³-hybridized carbons (Fsp3) is 0.250. The summed E-state index contributed by atoms with van der Waals surface area (Å²) in [5, 5.41) is 5.72. The van der Waals surface area contributed by atoms with Crippen molar-refractivity contribution in [3.63, 3.8) is 0 Å². The van der Waals surface area contributed by atoms with Gasteiger partial charge in [0.05, 0.1) is 38.5 Å². The molecule has 184 valence electrons. The summed E-state index contributed by atoms with van der Waals surface area (Å²) in [7, 11) is 0. The number of nitrogens with zero attached hydrogens (tertiary/aromatic N) is 3. The summed E-state index contributed by atoms with van der Waals surface area (Å²) >= 11 is 14.0. The Kier molecular flexibility index (Phi) is 7.97. The van der Waals surface area contributed by atoms with Gasteiger partial charge in [0.25, 0.3) is 5.91 Å². The third-order valence-corrected chi connectivity index (χ3v) is 7.77. The summed E-state index contributed by atoms with van der Waals surface area (Å²) in [4.78, 5) is 24.4. The van der Waals surface area contributed by atoms with E-state index in [1.54, 1.807) is 29.5 Å². The van der Waals surface area contributed by atoms with Crippen LogP contribution in [-0.2, 0) is 26.1 Å².